The zero-order chi connectivity index (χ0) is 10.2. The van der Waals surface area contributed by atoms with E-state index in [0.29, 0.717) is 0 Å². The second-order valence-electron chi connectivity index (χ2n) is 3.36. The predicted octanol–water partition coefficient (Wildman–Crippen LogP) is 2.91. The van der Waals surface area contributed by atoms with Crippen molar-refractivity contribution in [3.63, 3.8) is 0 Å². The summed E-state index contributed by atoms with van der Waals surface area (Å²) in [6.45, 7) is 7.82. The van der Waals surface area contributed by atoms with E-state index in [9.17, 15) is 4.79 Å². The quantitative estimate of drug-likeness (QED) is 0.629. The number of alkyl halides is 1. The second kappa shape index (κ2) is 3.66. The number of carbonyl (C=O) groups is 1. The van der Waals surface area contributed by atoms with E-state index in [1.54, 1.807) is 0 Å². The minimum absolute atomic E-state index is 0.119. The molecule has 1 rings (SSSR count). The minimum Gasteiger partial charge on any atom is -0.356 e. The van der Waals surface area contributed by atoms with E-state index in [0.717, 1.165) is 17.0 Å². The molecular formula is C10H14BrNO. The summed E-state index contributed by atoms with van der Waals surface area (Å²) in [5.74, 6) is 0.119. The highest BCUT2D eigenvalue weighted by molar-refractivity contribution is 9.10. The van der Waals surface area contributed by atoms with Crippen LogP contribution in [-0.4, -0.2) is 15.6 Å². The van der Waals surface area contributed by atoms with Crippen LogP contribution in [0.25, 0.3) is 0 Å². The predicted molar refractivity (Wildman–Crippen MR) is 57.7 cm³/mol. The molecule has 1 unspecified atom stereocenters. The number of rotatable bonds is 2. The molecule has 0 aliphatic heterocycles. The highest BCUT2D eigenvalue weighted by atomic mass is 79.9. The third kappa shape index (κ3) is 1.85. The maximum absolute atomic E-state index is 11.7. The number of hydrogen-bond acceptors (Lipinski definition) is 1. The van der Waals surface area contributed by atoms with Gasteiger partial charge < -0.3 is 4.98 Å². The van der Waals surface area contributed by atoms with Crippen molar-refractivity contribution in [3.8, 4) is 0 Å². The smallest absolute Gasteiger partial charge is 0.192 e. The van der Waals surface area contributed by atoms with Crippen LogP contribution in [0.2, 0.25) is 0 Å². The van der Waals surface area contributed by atoms with Crippen molar-refractivity contribution in [1.29, 1.82) is 0 Å². The SMILES string of the molecule is Cc1[nH]c(C(=O)C(C)Br)c(C)c1C. The van der Waals surface area contributed by atoms with Crippen LogP contribution in [0, 0.1) is 20.8 Å². The van der Waals surface area contributed by atoms with E-state index in [-0.39, 0.29) is 10.6 Å². The zero-order valence-corrected chi connectivity index (χ0v) is 9.95. The first-order valence-corrected chi connectivity index (χ1v) is 5.20. The Hall–Kier alpha value is -0.570. The first kappa shape index (κ1) is 10.5. The maximum atomic E-state index is 11.7. The number of aromatic amines is 1. The number of hydrogen-bond donors (Lipinski definition) is 1. The van der Waals surface area contributed by atoms with Gasteiger partial charge in [-0.1, -0.05) is 15.9 Å². The lowest BCUT2D eigenvalue weighted by atomic mass is 10.1. The van der Waals surface area contributed by atoms with Crippen molar-refractivity contribution >= 4 is 21.7 Å². The van der Waals surface area contributed by atoms with Gasteiger partial charge in [0.1, 0.15) is 0 Å². The Morgan fingerprint density at radius 2 is 1.85 bits per heavy atom. The number of aryl methyl sites for hydroxylation is 1. The molecule has 0 radical (unpaired) electrons. The number of halogens is 1. The van der Waals surface area contributed by atoms with Crippen LogP contribution in [0.15, 0.2) is 0 Å². The number of carbonyl (C=O) groups excluding carboxylic acids is 1. The number of H-pyrrole nitrogens is 1. The van der Waals surface area contributed by atoms with Crippen molar-refractivity contribution in [2.45, 2.75) is 32.5 Å². The third-order valence-corrected chi connectivity index (χ3v) is 2.84. The lowest BCUT2D eigenvalue weighted by Gasteiger charge is -2.01. The molecule has 1 heterocycles. The molecule has 0 aliphatic rings. The summed E-state index contributed by atoms with van der Waals surface area (Å²) in [5.41, 5.74) is 4.05. The molecule has 0 aliphatic carbocycles. The number of Topliss-reactive ketones (excluding diaryl/α,β-unsaturated/α-hetero) is 1. The van der Waals surface area contributed by atoms with Crippen LogP contribution in [0.3, 0.4) is 0 Å². The zero-order valence-electron chi connectivity index (χ0n) is 8.36. The van der Waals surface area contributed by atoms with Gasteiger partial charge in [-0.05, 0) is 38.8 Å². The van der Waals surface area contributed by atoms with Gasteiger partial charge in [0.25, 0.3) is 0 Å². The summed E-state index contributed by atoms with van der Waals surface area (Å²) in [7, 11) is 0. The molecule has 0 bridgehead atoms. The summed E-state index contributed by atoms with van der Waals surface area (Å²) in [6.07, 6.45) is 0. The number of nitrogens with one attached hydrogen (secondary N) is 1. The van der Waals surface area contributed by atoms with Crippen molar-refractivity contribution in [2.24, 2.45) is 0 Å². The van der Waals surface area contributed by atoms with Crippen molar-refractivity contribution < 1.29 is 4.79 Å². The molecule has 1 atom stereocenters. The lowest BCUT2D eigenvalue weighted by Crippen LogP contribution is -2.11. The molecule has 1 aromatic heterocycles. The van der Waals surface area contributed by atoms with Gasteiger partial charge >= 0.3 is 0 Å². The largest absolute Gasteiger partial charge is 0.356 e. The normalized spacial score (nSPS) is 13.0. The summed E-state index contributed by atoms with van der Waals surface area (Å²) < 4.78 is 0. The molecule has 0 saturated carbocycles. The van der Waals surface area contributed by atoms with Crippen molar-refractivity contribution in [2.75, 3.05) is 0 Å². The Bertz CT molecular complexity index is 339. The van der Waals surface area contributed by atoms with Gasteiger partial charge in [-0.25, -0.2) is 0 Å². The van der Waals surface area contributed by atoms with E-state index < -0.39 is 0 Å². The maximum Gasteiger partial charge on any atom is 0.192 e. The highest BCUT2D eigenvalue weighted by Crippen LogP contribution is 2.19. The summed E-state index contributed by atoms with van der Waals surface area (Å²) >= 11 is 3.27. The number of ketones is 1. The molecule has 0 saturated heterocycles. The summed E-state index contributed by atoms with van der Waals surface area (Å²) in [4.78, 5) is 14.6. The molecule has 0 aromatic carbocycles. The molecule has 13 heavy (non-hydrogen) atoms. The molecule has 2 nitrogen and oxygen atoms in total. The Labute approximate surface area is 86.9 Å². The van der Waals surface area contributed by atoms with E-state index >= 15 is 0 Å². The molecule has 72 valence electrons. The second-order valence-corrected chi connectivity index (χ2v) is 4.73. The van der Waals surface area contributed by atoms with E-state index in [1.165, 1.54) is 5.56 Å². The first-order chi connectivity index (χ1) is 5.95. The summed E-state index contributed by atoms with van der Waals surface area (Å²) in [6, 6.07) is 0. The standard InChI is InChI=1S/C10H14BrNO/c1-5-6(2)9(12-8(5)4)10(13)7(3)11/h7,12H,1-4H3. The third-order valence-electron chi connectivity index (χ3n) is 2.42. The van der Waals surface area contributed by atoms with E-state index in [4.69, 9.17) is 0 Å². The highest BCUT2D eigenvalue weighted by Gasteiger charge is 2.18. The van der Waals surface area contributed by atoms with Gasteiger partial charge in [0.15, 0.2) is 5.78 Å². The fraction of sp³-hybridized carbons (Fsp3) is 0.500. The molecule has 0 spiro atoms. The fourth-order valence-corrected chi connectivity index (χ4v) is 1.52. The Balaban J connectivity index is 3.16. The molecular weight excluding hydrogens is 230 g/mol. The fourth-order valence-electron chi connectivity index (χ4n) is 1.29. The molecule has 0 fully saturated rings. The van der Waals surface area contributed by atoms with Gasteiger partial charge in [-0.3, -0.25) is 4.79 Å². The minimum atomic E-state index is -0.122. The van der Waals surface area contributed by atoms with Gasteiger partial charge in [0.05, 0.1) is 10.5 Å². The van der Waals surface area contributed by atoms with Crippen LogP contribution in [-0.2, 0) is 0 Å². The molecule has 1 aromatic rings. The van der Waals surface area contributed by atoms with Crippen LogP contribution in [0.4, 0.5) is 0 Å². The first-order valence-electron chi connectivity index (χ1n) is 4.29. The van der Waals surface area contributed by atoms with Crippen LogP contribution >= 0.6 is 15.9 Å². The Morgan fingerprint density at radius 3 is 2.15 bits per heavy atom. The molecule has 0 amide bonds. The lowest BCUT2D eigenvalue weighted by molar-refractivity contribution is 0.0991. The molecule has 3 heteroatoms. The van der Waals surface area contributed by atoms with E-state index in [1.807, 2.05) is 27.7 Å². The monoisotopic (exact) mass is 243 g/mol. The van der Waals surface area contributed by atoms with Gasteiger partial charge in [-0.2, -0.15) is 0 Å². The van der Waals surface area contributed by atoms with Gasteiger partial charge in [0.2, 0.25) is 0 Å². The Kier molecular flexibility index (Phi) is 2.96. The van der Waals surface area contributed by atoms with E-state index in [2.05, 4.69) is 20.9 Å². The van der Waals surface area contributed by atoms with Crippen molar-refractivity contribution in [1.82, 2.24) is 4.98 Å². The summed E-state index contributed by atoms with van der Waals surface area (Å²) in [5, 5.41) is 0. The van der Waals surface area contributed by atoms with Crippen LogP contribution < -0.4 is 0 Å². The van der Waals surface area contributed by atoms with Crippen molar-refractivity contribution in [3.05, 3.63) is 22.5 Å². The van der Waals surface area contributed by atoms with Gasteiger partial charge in [0, 0.05) is 5.69 Å². The topological polar surface area (TPSA) is 32.9 Å². The van der Waals surface area contributed by atoms with Crippen LogP contribution in [0.5, 0.6) is 0 Å². The number of aromatic nitrogens is 1. The average Bonchev–Trinajstić information content (AvgIpc) is 2.31. The van der Waals surface area contributed by atoms with Gasteiger partial charge in [-0.15, -0.1) is 0 Å². The Morgan fingerprint density at radius 1 is 1.31 bits per heavy atom. The van der Waals surface area contributed by atoms with Crippen LogP contribution in [0.1, 0.15) is 34.2 Å². The molecule has 1 N–H and O–H groups in total. The average molecular weight is 244 g/mol.